The number of carbonyl (C=O) groups excluding carboxylic acids is 2. The Bertz CT molecular complexity index is 871. The summed E-state index contributed by atoms with van der Waals surface area (Å²) in [7, 11) is 0. The van der Waals surface area contributed by atoms with Crippen LogP contribution in [0.25, 0.3) is 0 Å². The molecular weight excluding hydrogens is 434 g/mol. The molecule has 9 nitrogen and oxygen atoms in total. The minimum Gasteiger partial charge on any atom is -0.480 e. The van der Waals surface area contributed by atoms with E-state index in [1.807, 2.05) is 0 Å². The Morgan fingerprint density at radius 3 is 2.41 bits per heavy atom. The lowest BCUT2D eigenvalue weighted by molar-refractivity contribution is -0.139. The number of carbonyl (C=O) groups is 3. The van der Waals surface area contributed by atoms with E-state index in [1.54, 1.807) is 12.1 Å². The molecule has 6 N–H and O–H groups in total. The Morgan fingerprint density at radius 2 is 1.79 bits per heavy atom. The number of nitrogen functional groups attached to an aromatic ring is 1. The van der Waals surface area contributed by atoms with Crippen LogP contribution in [0.15, 0.2) is 18.3 Å². The predicted octanol–water partition coefficient (Wildman–Crippen LogP) is 2.60. The summed E-state index contributed by atoms with van der Waals surface area (Å²) in [5, 5.41) is 18.2. The molecule has 1 heterocycles. The number of anilines is 1. The lowest BCUT2D eigenvalue weighted by Gasteiger charge is -2.29. The van der Waals surface area contributed by atoms with Gasteiger partial charge in [-0.2, -0.15) is 0 Å². The van der Waals surface area contributed by atoms with Gasteiger partial charge in [0.2, 0.25) is 5.91 Å². The highest BCUT2D eigenvalue weighted by atomic mass is 16.4. The number of aliphatic carboxylic acids is 1. The fraction of sp³-hybridized carbons (Fsp3) is 0.680. The van der Waals surface area contributed by atoms with Crippen molar-refractivity contribution in [3.8, 4) is 0 Å². The van der Waals surface area contributed by atoms with Crippen LogP contribution in [0.2, 0.25) is 0 Å². The van der Waals surface area contributed by atoms with E-state index in [9.17, 15) is 19.5 Å². The van der Waals surface area contributed by atoms with E-state index in [2.05, 4.69) is 20.9 Å². The van der Waals surface area contributed by atoms with Gasteiger partial charge < -0.3 is 26.8 Å². The summed E-state index contributed by atoms with van der Waals surface area (Å²) in [5.74, 6) is 0.690. The molecule has 34 heavy (non-hydrogen) atoms. The van der Waals surface area contributed by atoms with E-state index in [1.165, 1.54) is 25.5 Å². The topological polar surface area (TPSA) is 146 Å². The van der Waals surface area contributed by atoms with Crippen molar-refractivity contribution in [1.82, 2.24) is 20.9 Å². The average Bonchev–Trinajstić information content (AvgIpc) is 3.43. The van der Waals surface area contributed by atoms with Gasteiger partial charge in [0.25, 0.3) is 0 Å². The zero-order valence-electron chi connectivity index (χ0n) is 19.7. The standard InChI is InChI=1S/C25H37N5O4/c26-22-9-7-17(14-27-22)13-21(24(32)33)30-25(34)29-20(11-15-4-2-1-3-5-15)23(31)28-19-12-16-6-8-18(19)10-16/h7,9,14-16,18-21H,1-6,8,10-13H2,(H2,26,27)(H,28,31)(H,32,33)(H2,29,30,34)/t16?,18?,19-,20?,21?/m1/s1. The van der Waals surface area contributed by atoms with Crippen molar-refractivity contribution in [2.45, 2.75) is 88.8 Å². The molecule has 3 aliphatic rings. The molecule has 1 aromatic rings. The summed E-state index contributed by atoms with van der Waals surface area (Å²) in [5.41, 5.74) is 6.24. The Morgan fingerprint density at radius 1 is 1.03 bits per heavy atom. The molecule has 1 aromatic heterocycles. The number of rotatable bonds is 9. The second kappa shape index (κ2) is 11.1. The van der Waals surface area contributed by atoms with Crippen LogP contribution < -0.4 is 21.7 Å². The van der Waals surface area contributed by atoms with Gasteiger partial charge in [0.1, 0.15) is 17.9 Å². The Hall–Kier alpha value is -2.84. The lowest BCUT2D eigenvalue weighted by Crippen LogP contribution is -2.55. The van der Waals surface area contributed by atoms with Gasteiger partial charge in [-0.1, -0.05) is 44.6 Å². The molecular formula is C25H37N5O4. The lowest BCUT2D eigenvalue weighted by atomic mass is 9.84. The second-order valence-corrected chi connectivity index (χ2v) is 10.4. The van der Waals surface area contributed by atoms with Crippen LogP contribution in [0.4, 0.5) is 10.6 Å². The molecule has 3 fully saturated rings. The second-order valence-electron chi connectivity index (χ2n) is 10.4. The number of nitrogens with zero attached hydrogens (tertiary/aromatic N) is 1. The molecule has 0 radical (unpaired) electrons. The number of carboxylic acids is 1. The molecule has 186 valence electrons. The van der Waals surface area contributed by atoms with Crippen LogP contribution in [-0.2, 0) is 16.0 Å². The molecule has 4 unspecified atom stereocenters. The van der Waals surface area contributed by atoms with Crippen molar-refractivity contribution in [1.29, 1.82) is 0 Å². The highest BCUT2D eigenvalue weighted by Crippen LogP contribution is 2.44. The van der Waals surface area contributed by atoms with Gasteiger partial charge in [-0.15, -0.1) is 0 Å². The van der Waals surface area contributed by atoms with Crippen molar-refractivity contribution < 1.29 is 19.5 Å². The Balaban J connectivity index is 1.37. The van der Waals surface area contributed by atoms with Crippen molar-refractivity contribution in [2.75, 3.05) is 5.73 Å². The molecule has 0 aliphatic heterocycles. The number of hydrogen-bond donors (Lipinski definition) is 5. The minimum absolute atomic E-state index is 0.0701. The maximum absolute atomic E-state index is 13.2. The van der Waals surface area contributed by atoms with Gasteiger partial charge >= 0.3 is 12.0 Å². The first-order chi connectivity index (χ1) is 16.4. The zero-order valence-corrected chi connectivity index (χ0v) is 19.7. The molecule has 3 amide bonds. The smallest absolute Gasteiger partial charge is 0.326 e. The first-order valence-corrected chi connectivity index (χ1v) is 12.7. The van der Waals surface area contributed by atoms with E-state index in [4.69, 9.17) is 5.73 Å². The van der Waals surface area contributed by atoms with Gasteiger partial charge in [-0.3, -0.25) is 4.79 Å². The van der Waals surface area contributed by atoms with E-state index in [-0.39, 0.29) is 18.4 Å². The highest BCUT2D eigenvalue weighted by Gasteiger charge is 2.41. The molecule has 9 heteroatoms. The first kappa shape index (κ1) is 24.3. The molecule has 4 rings (SSSR count). The number of carboxylic acid groups (broad SMARTS) is 1. The van der Waals surface area contributed by atoms with Gasteiger partial charge in [-0.05, 0) is 55.1 Å². The van der Waals surface area contributed by atoms with Crippen molar-refractivity contribution in [3.63, 3.8) is 0 Å². The van der Waals surface area contributed by atoms with Gasteiger partial charge in [0.05, 0.1) is 0 Å². The summed E-state index contributed by atoms with van der Waals surface area (Å²) < 4.78 is 0. The number of fused-ring (bicyclic) bond motifs is 2. The van der Waals surface area contributed by atoms with Crippen LogP contribution in [0, 0.1) is 17.8 Å². The molecule has 0 saturated heterocycles. The third-order valence-corrected chi connectivity index (χ3v) is 7.87. The number of hydrogen-bond acceptors (Lipinski definition) is 5. The van der Waals surface area contributed by atoms with Crippen LogP contribution >= 0.6 is 0 Å². The number of urea groups is 1. The predicted molar refractivity (Wildman–Crippen MR) is 128 cm³/mol. The zero-order chi connectivity index (χ0) is 24.1. The number of amides is 3. The molecule has 3 aliphatic carbocycles. The average molecular weight is 472 g/mol. The minimum atomic E-state index is -1.15. The van der Waals surface area contributed by atoms with Crippen molar-refractivity contribution >= 4 is 23.7 Å². The Kier molecular flexibility index (Phi) is 7.90. The van der Waals surface area contributed by atoms with E-state index >= 15 is 0 Å². The maximum Gasteiger partial charge on any atom is 0.326 e. The SMILES string of the molecule is Nc1ccc(CC(NC(=O)NC(CC2CCCCC2)C(=O)N[C@@H]2CC3CCC2C3)C(=O)O)cn1. The van der Waals surface area contributed by atoms with Gasteiger partial charge in [-0.25, -0.2) is 14.6 Å². The number of aromatic nitrogens is 1. The van der Waals surface area contributed by atoms with E-state index in [0.29, 0.717) is 35.6 Å². The van der Waals surface area contributed by atoms with Gasteiger partial charge in [0, 0.05) is 18.7 Å². The fourth-order valence-electron chi connectivity index (χ4n) is 6.04. The van der Waals surface area contributed by atoms with Crippen LogP contribution in [0.3, 0.4) is 0 Å². The third kappa shape index (κ3) is 6.39. The van der Waals surface area contributed by atoms with Crippen molar-refractivity contribution in [2.24, 2.45) is 17.8 Å². The van der Waals surface area contributed by atoms with Crippen LogP contribution in [-0.4, -0.2) is 46.1 Å². The fourth-order valence-corrected chi connectivity index (χ4v) is 6.04. The molecule has 5 atom stereocenters. The largest absolute Gasteiger partial charge is 0.480 e. The summed E-state index contributed by atoms with van der Waals surface area (Å²) in [6.45, 7) is 0. The van der Waals surface area contributed by atoms with Crippen LogP contribution in [0.5, 0.6) is 0 Å². The first-order valence-electron chi connectivity index (χ1n) is 12.7. The number of nitrogens with one attached hydrogen (secondary N) is 3. The summed E-state index contributed by atoms with van der Waals surface area (Å²) >= 11 is 0. The van der Waals surface area contributed by atoms with Gasteiger partial charge in [0.15, 0.2) is 0 Å². The number of pyridine rings is 1. The van der Waals surface area contributed by atoms with E-state index < -0.39 is 24.1 Å². The summed E-state index contributed by atoms with van der Waals surface area (Å²) in [4.78, 5) is 41.8. The third-order valence-electron chi connectivity index (χ3n) is 7.87. The highest BCUT2D eigenvalue weighted by molar-refractivity contribution is 5.89. The Labute approximate surface area is 200 Å². The molecule has 0 aromatic carbocycles. The van der Waals surface area contributed by atoms with Crippen molar-refractivity contribution in [3.05, 3.63) is 23.9 Å². The quantitative estimate of drug-likeness (QED) is 0.374. The van der Waals surface area contributed by atoms with Crippen LogP contribution in [0.1, 0.15) is 69.8 Å². The number of nitrogens with two attached hydrogens (primary N) is 1. The molecule has 3 saturated carbocycles. The summed E-state index contributed by atoms with van der Waals surface area (Å²) in [6, 6.07) is 1.01. The van der Waals surface area contributed by atoms with E-state index in [0.717, 1.165) is 38.5 Å². The molecule has 2 bridgehead atoms. The summed E-state index contributed by atoms with van der Waals surface area (Å²) in [6.07, 6.45) is 12.4. The maximum atomic E-state index is 13.2. The normalized spacial score (nSPS) is 25.9. The molecule has 0 spiro atoms. The monoisotopic (exact) mass is 471 g/mol.